The number of aromatic carboxylic acids is 1. The van der Waals surface area contributed by atoms with Gasteiger partial charge in [0.05, 0.1) is 6.26 Å². The Kier molecular flexibility index (Phi) is 3.23. The van der Waals surface area contributed by atoms with Crippen molar-refractivity contribution < 1.29 is 23.4 Å². The summed E-state index contributed by atoms with van der Waals surface area (Å²) in [5.41, 5.74) is 1.68. The van der Waals surface area contributed by atoms with E-state index in [1.807, 2.05) is 0 Å². The lowest BCUT2D eigenvalue weighted by Crippen LogP contribution is -1.95. The van der Waals surface area contributed by atoms with Gasteiger partial charge in [-0.15, -0.1) is 0 Å². The van der Waals surface area contributed by atoms with E-state index in [2.05, 4.69) is 4.98 Å². The number of carboxylic acids is 1. The maximum atomic E-state index is 13.7. The number of fused-ring (bicyclic) bond motifs is 2. The van der Waals surface area contributed by atoms with Crippen LogP contribution in [0.5, 0.6) is 5.75 Å². The molecule has 0 spiro atoms. The Balaban J connectivity index is 1.67. The standard InChI is InChI=1S/C18H12FNO4/c19-13-4-1-3-11-10(9-24-17(11)13)8-23-16-6-2-5-14-12(16)7-15(20-14)18(21)22/h1-7,9,20H,8H2,(H,21,22). The number of nitrogens with one attached hydrogen (secondary N) is 1. The Bertz CT molecular complexity index is 1060. The van der Waals surface area contributed by atoms with Gasteiger partial charge in [-0.1, -0.05) is 18.2 Å². The number of carboxylic acid groups (broad SMARTS) is 1. The van der Waals surface area contributed by atoms with Crippen molar-refractivity contribution in [3.05, 3.63) is 65.8 Å². The summed E-state index contributed by atoms with van der Waals surface area (Å²) in [6.07, 6.45) is 1.47. The van der Waals surface area contributed by atoms with Crippen LogP contribution in [-0.2, 0) is 6.61 Å². The van der Waals surface area contributed by atoms with E-state index in [1.54, 1.807) is 30.3 Å². The fourth-order valence-corrected chi connectivity index (χ4v) is 2.71. The zero-order valence-electron chi connectivity index (χ0n) is 12.4. The zero-order valence-corrected chi connectivity index (χ0v) is 12.4. The number of aromatic amines is 1. The average Bonchev–Trinajstić information content (AvgIpc) is 3.18. The van der Waals surface area contributed by atoms with Crippen LogP contribution in [0.25, 0.3) is 21.9 Å². The highest BCUT2D eigenvalue weighted by molar-refractivity contribution is 5.96. The monoisotopic (exact) mass is 325 g/mol. The van der Waals surface area contributed by atoms with Gasteiger partial charge < -0.3 is 19.2 Å². The number of halogens is 1. The number of hydrogen-bond donors (Lipinski definition) is 2. The van der Waals surface area contributed by atoms with E-state index in [0.29, 0.717) is 22.0 Å². The van der Waals surface area contributed by atoms with Gasteiger partial charge in [-0.25, -0.2) is 9.18 Å². The topological polar surface area (TPSA) is 75.5 Å². The van der Waals surface area contributed by atoms with Crippen LogP contribution in [0.4, 0.5) is 4.39 Å². The third-order valence-corrected chi connectivity index (χ3v) is 3.87. The van der Waals surface area contributed by atoms with E-state index in [-0.39, 0.29) is 17.9 Å². The van der Waals surface area contributed by atoms with Crippen LogP contribution in [0.3, 0.4) is 0 Å². The third kappa shape index (κ3) is 2.28. The Morgan fingerprint density at radius 3 is 2.88 bits per heavy atom. The Morgan fingerprint density at radius 2 is 2.04 bits per heavy atom. The molecule has 0 aliphatic carbocycles. The molecular formula is C18H12FNO4. The molecule has 0 unspecified atom stereocenters. The van der Waals surface area contributed by atoms with Crippen LogP contribution in [0, 0.1) is 5.82 Å². The van der Waals surface area contributed by atoms with Crippen LogP contribution in [-0.4, -0.2) is 16.1 Å². The minimum absolute atomic E-state index is 0.0943. The van der Waals surface area contributed by atoms with Gasteiger partial charge in [-0.2, -0.15) is 0 Å². The Hall–Kier alpha value is -3.28. The van der Waals surface area contributed by atoms with Crippen molar-refractivity contribution in [3.8, 4) is 5.75 Å². The summed E-state index contributed by atoms with van der Waals surface area (Å²) in [6.45, 7) is 0.184. The molecule has 0 saturated carbocycles. The van der Waals surface area contributed by atoms with E-state index < -0.39 is 11.8 Å². The number of H-pyrrole nitrogens is 1. The van der Waals surface area contributed by atoms with Gasteiger partial charge in [0, 0.05) is 21.9 Å². The van der Waals surface area contributed by atoms with Gasteiger partial charge in [0.15, 0.2) is 11.4 Å². The maximum absolute atomic E-state index is 13.7. The SMILES string of the molecule is O=C(O)c1cc2c(OCc3coc4c(F)cccc34)cccc2[nH]1. The number of ether oxygens (including phenoxy) is 1. The third-order valence-electron chi connectivity index (χ3n) is 3.87. The molecular weight excluding hydrogens is 313 g/mol. The first-order chi connectivity index (χ1) is 11.6. The predicted octanol–water partition coefficient (Wildman–Crippen LogP) is 4.33. The highest BCUT2D eigenvalue weighted by Crippen LogP contribution is 2.29. The second-order valence-electron chi connectivity index (χ2n) is 5.37. The normalized spacial score (nSPS) is 11.2. The summed E-state index contributed by atoms with van der Waals surface area (Å²) < 4.78 is 24.7. The number of carbonyl (C=O) groups is 1. The van der Waals surface area contributed by atoms with E-state index >= 15 is 0 Å². The van der Waals surface area contributed by atoms with E-state index in [4.69, 9.17) is 14.3 Å². The molecule has 5 nitrogen and oxygen atoms in total. The van der Waals surface area contributed by atoms with Crippen LogP contribution in [0.1, 0.15) is 16.1 Å². The van der Waals surface area contributed by atoms with Gasteiger partial charge in [-0.3, -0.25) is 0 Å². The predicted molar refractivity (Wildman–Crippen MR) is 85.8 cm³/mol. The largest absolute Gasteiger partial charge is 0.488 e. The number of rotatable bonds is 4. The minimum atomic E-state index is -1.03. The number of para-hydroxylation sites is 1. The van der Waals surface area contributed by atoms with Gasteiger partial charge in [0.25, 0.3) is 0 Å². The van der Waals surface area contributed by atoms with E-state index in [9.17, 15) is 9.18 Å². The molecule has 0 radical (unpaired) electrons. The molecule has 0 bridgehead atoms. The average molecular weight is 325 g/mol. The molecule has 0 fully saturated rings. The number of furan rings is 1. The van der Waals surface area contributed by atoms with Crippen LogP contribution in [0.2, 0.25) is 0 Å². The molecule has 24 heavy (non-hydrogen) atoms. The van der Waals surface area contributed by atoms with Crippen molar-refractivity contribution in [1.82, 2.24) is 4.98 Å². The minimum Gasteiger partial charge on any atom is -0.488 e. The molecule has 2 aromatic heterocycles. The maximum Gasteiger partial charge on any atom is 0.352 e. The summed E-state index contributed by atoms with van der Waals surface area (Å²) in [4.78, 5) is 13.9. The first kappa shape index (κ1) is 14.3. The lowest BCUT2D eigenvalue weighted by atomic mass is 10.2. The first-order valence-corrected chi connectivity index (χ1v) is 7.26. The number of aromatic nitrogens is 1. The van der Waals surface area contributed by atoms with Gasteiger partial charge >= 0.3 is 5.97 Å². The molecule has 120 valence electrons. The molecule has 2 aromatic carbocycles. The van der Waals surface area contributed by atoms with Crippen molar-refractivity contribution in [1.29, 1.82) is 0 Å². The second-order valence-corrected chi connectivity index (χ2v) is 5.37. The first-order valence-electron chi connectivity index (χ1n) is 7.26. The van der Waals surface area contributed by atoms with Gasteiger partial charge in [0.1, 0.15) is 18.1 Å². The van der Waals surface area contributed by atoms with Crippen molar-refractivity contribution in [2.24, 2.45) is 0 Å². The molecule has 4 rings (SSSR count). The lowest BCUT2D eigenvalue weighted by Gasteiger charge is -2.06. The van der Waals surface area contributed by atoms with E-state index in [0.717, 1.165) is 5.56 Å². The molecule has 6 heteroatoms. The fraction of sp³-hybridized carbons (Fsp3) is 0.0556. The highest BCUT2D eigenvalue weighted by atomic mass is 19.1. The highest BCUT2D eigenvalue weighted by Gasteiger charge is 2.13. The van der Waals surface area contributed by atoms with Crippen LogP contribution < -0.4 is 4.74 Å². The smallest absolute Gasteiger partial charge is 0.352 e. The number of hydrogen-bond acceptors (Lipinski definition) is 3. The molecule has 0 atom stereocenters. The molecule has 2 N–H and O–H groups in total. The Morgan fingerprint density at radius 1 is 1.21 bits per heavy atom. The van der Waals surface area contributed by atoms with Crippen molar-refractivity contribution in [2.75, 3.05) is 0 Å². The summed E-state index contributed by atoms with van der Waals surface area (Å²) in [7, 11) is 0. The second kappa shape index (κ2) is 5.42. The van der Waals surface area contributed by atoms with Crippen molar-refractivity contribution >= 4 is 27.8 Å². The quantitative estimate of drug-likeness (QED) is 0.585. The molecule has 0 saturated heterocycles. The van der Waals surface area contributed by atoms with Crippen LogP contribution >= 0.6 is 0 Å². The summed E-state index contributed by atoms with van der Waals surface area (Å²) in [6, 6.07) is 11.5. The van der Waals surface area contributed by atoms with Crippen molar-refractivity contribution in [2.45, 2.75) is 6.61 Å². The van der Waals surface area contributed by atoms with Crippen LogP contribution in [0.15, 0.2) is 53.1 Å². The van der Waals surface area contributed by atoms with Crippen molar-refractivity contribution in [3.63, 3.8) is 0 Å². The van der Waals surface area contributed by atoms with Gasteiger partial charge in [0.2, 0.25) is 0 Å². The van der Waals surface area contributed by atoms with E-state index in [1.165, 1.54) is 18.4 Å². The number of benzene rings is 2. The molecule has 2 heterocycles. The molecule has 0 aliphatic heterocycles. The van der Waals surface area contributed by atoms with Gasteiger partial charge in [-0.05, 0) is 24.3 Å². The molecule has 0 amide bonds. The molecule has 0 aliphatic rings. The summed E-state index contributed by atoms with van der Waals surface area (Å²) >= 11 is 0. The lowest BCUT2D eigenvalue weighted by molar-refractivity contribution is 0.0691. The summed E-state index contributed by atoms with van der Waals surface area (Å²) in [5, 5.41) is 10.4. The fourth-order valence-electron chi connectivity index (χ4n) is 2.71. The zero-order chi connectivity index (χ0) is 16.7. The Labute approximate surface area is 135 Å². The summed E-state index contributed by atoms with van der Waals surface area (Å²) in [5.74, 6) is -0.909. The molecule has 4 aromatic rings.